The number of carbonyl (C=O) groups excluding carboxylic acids is 1. The maximum absolute atomic E-state index is 11.2. The molecule has 0 aliphatic rings. The Labute approximate surface area is 105 Å². The first-order chi connectivity index (χ1) is 6.84. The Hall–Kier alpha value is 0.0434. The third-order valence-electron chi connectivity index (χ3n) is 1.39. The second-order valence-corrected chi connectivity index (χ2v) is 2.36. The van der Waals surface area contributed by atoms with Crippen molar-refractivity contribution in [2.45, 2.75) is 6.42 Å². The molecule has 0 saturated heterocycles. The number of halogens is 1. The van der Waals surface area contributed by atoms with Crippen LogP contribution in [0.4, 0.5) is 0 Å². The zero-order valence-corrected chi connectivity index (χ0v) is 13.0. The van der Waals surface area contributed by atoms with E-state index in [9.17, 15) is 4.79 Å². The normalized spacial score (nSPS) is 8.57. The van der Waals surface area contributed by atoms with Gasteiger partial charge in [0.25, 0.3) is 0 Å². The zero-order valence-electron chi connectivity index (χ0n) is 7.91. The Kier molecular flexibility index (Phi) is 9.62. The molecule has 0 unspecified atom stereocenters. The molecule has 0 amide bonds. The molecule has 0 saturated carbocycles. The van der Waals surface area contributed by atoms with E-state index < -0.39 is 0 Å². The van der Waals surface area contributed by atoms with Gasteiger partial charge in [0.15, 0.2) is 0 Å². The molecule has 0 atom stereocenters. The van der Waals surface area contributed by atoms with Gasteiger partial charge in [-0.25, -0.2) is 4.79 Å². The van der Waals surface area contributed by atoms with E-state index in [0.717, 1.165) is 0 Å². The van der Waals surface area contributed by atoms with Crippen LogP contribution in [0.25, 0.3) is 0 Å². The van der Waals surface area contributed by atoms with Crippen molar-refractivity contribution in [3.05, 3.63) is 42.8 Å². The molecule has 1 rings (SSSR count). The summed E-state index contributed by atoms with van der Waals surface area (Å²) < 4.78 is 4.88. The number of hydrogen-bond acceptors (Lipinski definition) is 2. The fourth-order valence-electron chi connectivity index (χ4n) is 0.822. The Morgan fingerprint density at radius 2 is 1.93 bits per heavy atom. The Bertz CT molecular complexity index is 252. The summed E-state index contributed by atoms with van der Waals surface area (Å²) in [5, 5.41) is 0. The first-order valence-corrected chi connectivity index (χ1v) is 13.2. The molecule has 0 aromatic heterocycles. The summed E-state index contributed by atoms with van der Waals surface area (Å²) in [4.78, 5) is 11.2. The van der Waals surface area contributed by atoms with Crippen molar-refractivity contribution in [3.8, 4) is 0 Å². The van der Waals surface area contributed by atoms with E-state index in [1.165, 1.54) is 14.8 Å². The van der Waals surface area contributed by atoms with E-state index in [-0.39, 0.29) is 5.97 Å². The standard InChI is InChI=1S/C10H11O2.HI.Zn/c1-2-8-12-10(11)9-6-4-3-5-7-9;;/h3-7H,1-2,8H2;1H;/q-1;;+2/p-1. The molecule has 0 radical (unpaired) electrons. The number of benzene rings is 1. The minimum atomic E-state index is -0.278. The predicted octanol–water partition coefficient (Wildman–Crippen LogP) is 2.95. The first-order valence-electron chi connectivity index (χ1n) is 4.12. The number of hydrogen-bond donors (Lipinski definition) is 0. The van der Waals surface area contributed by atoms with Crippen LogP contribution in [0.5, 0.6) is 0 Å². The summed E-state index contributed by atoms with van der Waals surface area (Å²) in [6.45, 7) is 3.96. The summed E-state index contributed by atoms with van der Waals surface area (Å²) in [6.07, 6.45) is 0.610. The Morgan fingerprint density at radius 3 is 2.43 bits per heavy atom. The SMILES string of the molecule is [CH2-]CCOC(=O)c1ccccc1.[Zn+][I]. The van der Waals surface area contributed by atoms with Gasteiger partial charge in [-0.05, 0) is 12.1 Å². The van der Waals surface area contributed by atoms with Crippen LogP contribution in [0.3, 0.4) is 0 Å². The molecule has 0 aliphatic heterocycles. The van der Waals surface area contributed by atoms with E-state index in [0.29, 0.717) is 18.6 Å². The van der Waals surface area contributed by atoms with Crippen molar-refractivity contribution in [1.29, 1.82) is 0 Å². The fourth-order valence-corrected chi connectivity index (χ4v) is 0.822. The molecule has 72 valence electrons. The topological polar surface area (TPSA) is 26.3 Å². The van der Waals surface area contributed by atoms with Gasteiger partial charge in [-0.15, -0.1) is 6.42 Å². The van der Waals surface area contributed by atoms with Gasteiger partial charge in [-0.2, -0.15) is 0 Å². The van der Waals surface area contributed by atoms with Crippen LogP contribution >= 0.6 is 19.8 Å². The van der Waals surface area contributed by atoms with Crippen LogP contribution in [-0.4, -0.2) is 12.6 Å². The van der Waals surface area contributed by atoms with Gasteiger partial charge in [-0.3, -0.25) is 0 Å². The molecule has 14 heavy (non-hydrogen) atoms. The van der Waals surface area contributed by atoms with Crippen LogP contribution in [-0.2, 0) is 19.5 Å². The number of rotatable bonds is 3. The molecule has 1 aromatic carbocycles. The first kappa shape index (κ1) is 14.0. The molecular formula is C10H11IO2Zn. The molecule has 0 N–H and O–H groups in total. The van der Waals surface area contributed by atoms with Crippen LogP contribution < -0.4 is 0 Å². The molecular weight excluding hydrogens is 344 g/mol. The quantitative estimate of drug-likeness (QED) is 0.361. The van der Waals surface area contributed by atoms with Gasteiger partial charge in [0.2, 0.25) is 0 Å². The predicted molar refractivity (Wildman–Crippen MR) is 60.7 cm³/mol. The van der Waals surface area contributed by atoms with Crippen LogP contribution in [0.15, 0.2) is 30.3 Å². The molecule has 0 spiro atoms. The van der Waals surface area contributed by atoms with Gasteiger partial charge in [0.1, 0.15) is 0 Å². The summed E-state index contributed by atoms with van der Waals surface area (Å²) in [7, 11) is 0. The second kappa shape index (κ2) is 9.59. The van der Waals surface area contributed by atoms with Gasteiger partial charge < -0.3 is 11.7 Å². The molecule has 4 heteroatoms. The summed E-state index contributed by atoms with van der Waals surface area (Å²) in [5.41, 5.74) is 0.589. The van der Waals surface area contributed by atoms with E-state index >= 15 is 0 Å². The van der Waals surface area contributed by atoms with Crippen molar-refractivity contribution < 1.29 is 24.3 Å². The van der Waals surface area contributed by atoms with Crippen molar-refractivity contribution >= 4 is 25.7 Å². The van der Waals surface area contributed by atoms with Gasteiger partial charge in [0.05, 0.1) is 12.2 Å². The second-order valence-electron chi connectivity index (χ2n) is 2.36. The van der Waals surface area contributed by atoms with Gasteiger partial charge in [-0.1, -0.05) is 18.2 Å². The molecule has 0 fully saturated rings. The molecule has 0 aliphatic carbocycles. The van der Waals surface area contributed by atoms with Crippen LogP contribution in [0.1, 0.15) is 16.8 Å². The molecule has 2 nitrogen and oxygen atoms in total. The molecule has 1 aromatic rings. The van der Waals surface area contributed by atoms with Crippen LogP contribution in [0, 0.1) is 6.92 Å². The number of ether oxygens (including phenoxy) is 1. The maximum atomic E-state index is 11.2. The van der Waals surface area contributed by atoms with Crippen molar-refractivity contribution in [3.63, 3.8) is 0 Å². The van der Waals surface area contributed by atoms with Crippen molar-refractivity contribution in [2.75, 3.05) is 6.61 Å². The molecule has 0 heterocycles. The third kappa shape index (κ3) is 5.71. The Morgan fingerprint density at radius 1 is 1.36 bits per heavy atom. The number of carbonyl (C=O) groups is 1. The van der Waals surface area contributed by atoms with Crippen molar-refractivity contribution in [1.82, 2.24) is 0 Å². The zero-order chi connectivity index (χ0) is 10.8. The third-order valence-corrected chi connectivity index (χ3v) is 1.39. The fraction of sp³-hybridized carbons (Fsp3) is 0.200. The van der Waals surface area contributed by atoms with Crippen LogP contribution in [0.2, 0.25) is 0 Å². The van der Waals surface area contributed by atoms with Crippen molar-refractivity contribution in [2.24, 2.45) is 0 Å². The monoisotopic (exact) mass is 354 g/mol. The Balaban J connectivity index is 0.000000791. The summed E-state index contributed by atoms with van der Waals surface area (Å²) >= 11 is 3.62. The van der Waals surface area contributed by atoms with Gasteiger partial charge >= 0.3 is 40.5 Å². The number of esters is 1. The van der Waals surface area contributed by atoms with Gasteiger partial charge in [0, 0.05) is 0 Å². The minimum absolute atomic E-state index is 0.278. The average molecular weight is 355 g/mol. The van der Waals surface area contributed by atoms with E-state index in [2.05, 4.69) is 26.7 Å². The average Bonchev–Trinajstić information content (AvgIpc) is 2.30. The summed E-state index contributed by atoms with van der Waals surface area (Å²) in [5.74, 6) is -0.278. The van der Waals surface area contributed by atoms with E-state index in [1.807, 2.05) is 6.07 Å². The van der Waals surface area contributed by atoms with E-state index in [4.69, 9.17) is 4.74 Å². The van der Waals surface area contributed by atoms with E-state index in [1.54, 1.807) is 24.3 Å². The molecule has 0 bridgehead atoms. The summed E-state index contributed by atoms with van der Waals surface area (Å²) in [6, 6.07) is 8.93.